The molecule has 2 atom stereocenters. The summed E-state index contributed by atoms with van der Waals surface area (Å²) in [6.07, 6.45) is 6.07. The summed E-state index contributed by atoms with van der Waals surface area (Å²) < 4.78 is 29.6. The van der Waals surface area contributed by atoms with Crippen molar-refractivity contribution in [1.29, 1.82) is 0 Å². The van der Waals surface area contributed by atoms with Crippen molar-refractivity contribution in [2.45, 2.75) is 43.7 Å². The van der Waals surface area contributed by atoms with Crippen LogP contribution in [0.25, 0.3) is 22.1 Å². The minimum absolute atomic E-state index is 0.194. The number of rotatable bonds is 4. The zero-order chi connectivity index (χ0) is 21.0. The molecule has 1 fully saturated rings. The summed E-state index contributed by atoms with van der Waals surface area (Å²) in [5.74, 6) is 0. The molecule has 0 spiro atoms. The number of aliphatic hydroxyl groups is 1. The molecular formula is C21H23N5O3S. The zero-order valence-electron chi connectivity index (χ0n) is 16.8. The van der Waals surface area contributed by atoms with Gasteiger partial charge in [-0.25, -0.2) is 27.0 Å². The van der Waals surface area contributed by atoms with E-state index in [1.807, 2.05) is 11.6 Å². The fourth-order valence-electron chi connectivity index (χ4n) is 4.28. The van der Waals surface area contributed by atoms with Gasteiger partial charge in [-0.2, -0.15) is 0 Å². The number of fused-ring (bicyclic) bond motifs is 3. The molecule has 5 rings (SSSR count). The third-order valence-corrected chi connectivity index (χ3v) is 7.54. The monoisotopic (exact) mass is 425 g/mol. The molecule has 0 radical (unpaired) electrons. The molecule has 1 N–H and O–H groups in total. The molecule has 4 heterocycles. The van der Waals surface area contributed by atoms with Crippen LogP contribution in [0.4, 0.5) is 0 Å². The number of pyridine rings is 1. The van der Waals surface area contributed by atoms with Gasteiger partial charge < -0.3 is 10.1 Å². The molecule has 1 aromatic carbocycles. The van der Waals surface area contributed by atoms with Crippen LogP contribution in [0.1, 0.15) is 25.3 Å². The predicted molar refractivity (Wildman–Crippen MR) is 115 cm³/mol. The Morgan fingerprint density at radius 1 is 1.17 bits per heavy atom. The van der Waals surface area contributed by atoms with E-state index in [4.69, 9.17) is 0 Å². The standard InChI is InChI=1S/C21H23N5O3S/c1-3-15-10-16(27)12-24(15)25-13-23-19-11-22-21-18(20(19)25)8-9-26(21)30(28,29)17-6-4-14(2)5-7-17/h4-9,11,13,15-16,27H,3,10,12H2,1-2H3/t15-,16+/m1/s1. The molecule has 3 aromatic heterocycles. The number of imidazole rings is 1. The van der Waals surface area contributed by atoms with E-state index in [2.05, 4.69) is 21.9 Å². The Labute approximate surface area is 174 Å². The minimum Gasteiger partial charge on any atom is -0.391 e. The number of aliphatic hydroxyl groups excluding tert-OH is 1. The van der Waals surface area contributed by atoms with Crippen molar-refractivity contribution >= 4 is 32.1 Å². The van der Waals surface area contributed by atoms with Crippen LogP contribution in [0.15, 0.2) is 53.9 Å². The van der Waals surface area contributed by atoms with Gasteiger partial charge in [-0.1, -0.05) is 24.6 Å². The van der Waals surface area contributed by atoms with Crippen molar-refractivity contribution < 1.29 is 13.5 Å². The number of hydrogen-bond acceptors (Lipinski definition) is 6. The fraction of sp³-hybridized carbons (Fsp3) is 0.333. The summed E-state index contributed by atoms with van der Waals surface area (Å²) in [6, 6.07) is 8.74. The topological polar surface area (TPSA) is 93.2 Å². The highest BCUT2D eigenvalue weighted by Gasteiger charge is 2.31. The summed E-state index contributed by atoms with van der Waals surface area (Å²) in [5, 5.41) is 13.0. The van der Waals surface area contributed by atoms with Crippen molar-refractivity contribution in [3.05, 3.63) is 54.6 Å². The normalized spacial score (nSPS) is 19.9. The second-order valence-corrected chi connectivity index (χ2v) is 9.64. The van der Waals surface area contributed by atoms with Crippen LogP contribution in [-0.4, -0.2) is 50.8 Å². The summed E-state index contributed by atoms with van der Waals surface area (Å²) in [6.45, 7) is 4.52. The predicted octanol–water partition coefficient (Wildman–Crippen LogP) is 2.41. The molecule has 0 aliphatic carbocycles. The molecule has 9 heteroatoms. The van der Waals surface area contributed by atoms with E-state index in [1.165, 1.54) is 3.97 Å². The number of benzene rings is 1. The lowest BCUT2D eigenvalue weighted by Gasteiger charge is -2.27. The average Bonchev–Trinajstić information content (AvgIpc) is 3.43. The molecule has 1 saturated heterocycles. The van der Waals surface area contributed by atoms with Crippen molar-refractivity contribution in [3.63, 3.8) is 0 Å². The molecule has 0 amide bonds. The van der Waals surface area contributed by atoms with Crippen LogP contribution in [0.2, 0.25) is 0 Å². The molecular weight excluding hydrogens is 402 g/mol. The van der Waals surface area contributed by atoms with E-state index in [9.17, 15) is 13.5 Å². The van der Waals surface area contributed by atoms with Crippen LogP contribution in [0, 0.1) is 6.92 Å². The Morgan fingerprint density at radius 3 is 2.67 bits per heavy atom. The highest BCUT2D eigenvalue weighted by atomic mass is 32.2. The highest BCUT2D eigenvalue weighted by Crippen LogP contribution is 2.29. The highest BCUT2D eigenvalue weighted by molar-refractivity contribution is 7.90. The molecule has 0 bridgehead atoms. The molecule has 8 nitrogen and oxygen atoms in total. The summed E-state index contributed by atoms with van der Waals surface area (Å²) in [4.78, 5) is 9.10. The maximum atomic E-state index is 13.2. The maximum Gasteiger partial charge on any atom is 0.269 e. The van der Waals surface area contributed by atoms with Gasteiger partial charge in [0.15, 0.2) is 5.65 Å². The van der Waals surface area contributed by atoms with Crippen LogP contribution in [-0.2, 0) is 10.0 Å². The minimum atomic E-state index is -3.78. The number of hydrogen-bond donors (Lipinski definition) is 1. The van der Waals surface area contributed by atoms with Crippen LogP contribution in [0.5, 0.6) is 0 Å². The second-order valence-electron chi connectivity index (χ2n) is 7.82. The number of β-amino-alcohol motifs (C(OH)–C–C–N with tert-alkyl or cyclic N) is 1. The van der Waals surface area contributed by atoms with Gasteiger partial charge >= 0.3 is 0 Å². The zero-order valence-corrected chi connectivity index (χ0v) is 17.6. The van der Waals surface area contributed by atoms with Gasteiger partial charge in [0.1, 0.15) is 17.4 Å². The Bertz CT molecular complexity index is 1340. The number of nitrogens with zero attached hydrogens (tertiary/aromatic N) is 5. The van der Waals surface area contributed by atoms with Gasteiger partial charge in [0, 0.05) is 17.6 Å². The average molecular weight is 426 g/mol. The Kier molecular flexibility index (Phi) is 4.33. The maximum absolute atomic E-state index is 13.2. The van der Waals surface area contributed by atoms with Crippen LogP contribution >= 0.6 is 0 Å². The Balaban J connectivity index is 1.69. The summed E-state index contributed by atoms with van der Waals surface area (Å²) >= 11 is 0. The van der Waals surface area contributed by atoms with Gasteiger partial charge in [0.25, 0.3) is 10.0 Å². The van der Waals surface area contributed by atoms with Gasteiger partial charge in [-0.3, -0.25) is 0 Å². The smallest absolute Gasteiger partial charge is 0.269 e. The first-order chi connectivity index (χ1) is 14.4. The Hall–Kier alpha value is -2.91. The van der Waals surface area contributed by atoms with Crippen molar-refractivity contribution in [2.24, 2.45) is 0 Å². The van der Waals surface area contributed by atoms with E-state index in [0.29, 0.717) is 29.5 Å². The lowest BCUT2D eigenvalue weighted by Crippen LogP contribution is -2.38. The van der Waals surface area contributed by atoms with E-state index in [-0.39, 0.29) is 10.9 Å². The van der Waals surface area contributed by atoms with E-state index < -0.39 is 16.1 Å². The molecule has 1 aliphatic rings. The lowest BCUT2D eigenvalue weighted by atomic mass is 10.1. The third-order valence-electron chi connectivity index (χ3n) is 5.86. The fourth-order valence-corrected chi connectivity index (χ4v) is 5.58. The lowest BCUT2D eigenvalue weighted by molar-refractivity contribution is 0.193. The van der Waals surface area contributed by atoms with Gasteiger partial charge in [0.2, 0.25) is 0 Å². The second kappa shape index (κ2) is 6.82. The van der Waals surface area contributed by atoms with Gasteiger partial charge in [-0.15, -0.1) is 0 Å². The Morgan fingerprint density at radius 2 is 1.93 bits per heavy atom. The van der Waals surface area contributed by atoms with Crippen molar-refractivity contribution in [3.8, 4) is 0 Å². The molecule has 0 saturated carbocycles. The first-order valence-corrected chi connectivity index (χ1v) is 11.4. The van der Waals surface area contributed by atoms with Crippen molar-refractivity contribution in [1.82, 2.24) is 18.6 Å². The van der Waals surface area contributed by atoms with E-state index in [0.717, 1.165) is 17.5 Å². The first kappa shape index (κ1) is 19.1. The molecule has 1 aliphatic heterocycles. The molecule has 4 aromatic rings. The molecule has 156 valence electrons. The van der Waals surface area contributed by atoms with Crippen LogP contribution < -0.4 is 5.01 Å². The molecule has 30 heavy (non-hydrogen) atoms. The first-order valence-electron chi connectivity index (χ1n) is 10.0. The number of aromatic nitrogens is 4. The quantitative estimate of drug-likeness (QED) is 0.540. The summed E-state index contributed by atoms with van der Waals surface area (Å²) in [7, 11) is -3.78. The van der Waals surface area contributed by atoms with Crippen LogP contribution in [0.3, 0.4) is 0 Å². The van der Waals surface area contributed by atoms with E-state index >= 15 is 0 Å². The SMILES string of the molecule is CC[C@@H]1C[C@H](O)CN1n1cnc2cnc3c(ccn3S(=O)(=O)c3ccc(C)cc3)c21. The van der Waals surface area contributed by atoms with E-state index in [1.54, 1.807) is 49.1 Å². The summed E-state index contributed by atoms with van der Waals surface area (Å²) in [5.41, 5.74) is 2.83. The number of aryl methyl sites for hydroxylation is 1. The van der Waals surface area contributed by atoms with Gasteiger partial charge in [-0.05, 0) is 38.0 Å². The molecule has 0 unspecified atom stereocenters. The third kappa shape index (κ3) is 2.80. The van der Waals surface area contributed by atoms with Gasteiger partial charge in [0.05, 0.1) is 23.7 Å². The van der Waals surface area contributed by atoms with Crippen molar-refractivity contribution in [2.75, 3.05) is 11.6 Å². The largest absolute Gasteiger partial charge is 0.391 e.